The van der Waals surface area contributed by atoms with E-state index in [2.05, 4.69) is 22.7 Å². The third kappa shape index (κ3) is 3.87. The summed E-state index contributed by atoms with van der Waals surface area (Å²) in [6.07, 6.45) is 3.40. The van der Waals surface area contributed by atoms with Gasteiger partial charge in [0.2, 0.25) is 0 Å². The minimum Gasteiger partial charge on any atom is -0.350 e. The molecular formula is C11H17ClN4O. The number of halogens is 1. The molecule has 4 N–H and O–H groups in total. The Morgan fingerprint density at radius 3 is 2.88 bits per heavy atom. The number of carbonyl (C=O) groups is 1. The average molecular weight is 257 g/mol. The molecule has 0 fully saturated rings. The van der Waals surface area contributed by atoms with Crippen LogP contribution in [0.1, 0.15) is 37.0 Å². The maximum atomic E-state index is 11.8. The van der Waals surface area contributed by atoms with E-state index in [0.717, 1.165) is 12.8 Å². The highest BCUT2D eigenvalue weighted by molar-refractivity contribution is 6.33. The van der Waals surface area contributed by atoms with Crippen LogP contribution in [-0.2, 0) is 0 Å². The van der Waals surface area contributed by atoms with E-state index < -0.39 is 0 Å². The lowest BCUT2D eigenvalue weighted by atomic mass is 10.2. The summed E-state index contributed by atoms with van der Waals surface area (Å²) in [7, 11) is 0. The smallest absolute Gasteiger partial charge is 0.253 e. The first kappa shape index (κ1) is 13.7. The quantitative estimate of drug-likeness (QED) is 0.556. The van der Waals surface area contributed by atoms with Crippen LogP contribution in [0.5, 0.6) is 0 Å². The fourth-order valence-corrected chi connectivity index (χ4v) is 1.70. The lowest BCUT2D eigenvalue weighted by molar-refractivity contribution is 0.0938. The van der Waals surface area contributed by atoms with Crippen molar-refractivity contribution in [2.24, 2.45) is 5.84 Å². The lowest BCUT2D eigenvalue weighted by Crippen LogP contribution is -2.32. The molecule has 1 aromatic rings. The second-order valence-corrected chi connectivity index (χ2v) is 4.27. The zero-order valence-electron chi connectivity index (χ0n) is 9.96. The molecule has 0 saturated carbocycles. The molecule has 0 aliphatic heterocycles. The van der Waals surface area contributed by atoms with Crippen LogP contribution in [0, 0.1) is 0 Å². The molecule has 0 aromatic carbocycles. The molecule has 5 nitrogen and oxygen atoms in total. The Kier molecular flexibility index (Phi) is 5.18. The van der Waals surface area contributed by atoms with Crippen molar-refractivity contribution in [1.82, 2.24) is 10.3 Å². The molecule has 1 atom stereocenters. The monoisotopic (exact) mass is 256 g/mol. The predicted octanol–water partition coefficient (Wildman–Crippen LogP) is 1.94. The van der Waals surface area contributed by atoms with Crippen LogP contribution in [0.25, 0.3) is 0 Å². The Hall–Kier alpha value is -1.33. The standard InChI is InChI=1S/C11H17ClN4O/c1-3-4-7(2)15-11(17)8-5-9(12)10(16-13)14-6-8/h5-7H,3-4,13H2,1-2H3,(H,14,16)(H,15,17). The predicted molar refractivity (Wildman–Crippen MR) is 68.9 cm³/mol. The molecule has 0 radical (unpaired) electrons. The summed E-state index contributed by atoms with van der Waals surface area (Å²) in [6.45, 7) is 4.04. The Balaban J connectivity index is 2.72. The van der Waals surface area contributed by atoms with Crippen molar-refractivity contribution in [3.8, 4) is 0 Å². The Bertz CT molecular complexity index is 397. The molecule has 1 rings (SSSR count). The van der Waals surface area contributed by atoms with Crippen molar-refractivity contribution in [3.63, 3.8) is 0 Å². The molecule has 94 valence electrons. The Morgan fingerprint density at radius 2 is 2.35 bits per heavy atom. The second-order valence-electron chi connectivity index (χ2n) is 3.86. The summed E-state index contributed by atoms with van der Waals surface area (Å²) in [5.41, 5.74) is 2.78. The van der Waals surface area contributed by atoms with Gasteiger partial charge in [0.05, 0.1) is 10.6 Å². The molecular weight excluding hydrogens is 240 g/mol. The number of hydrogen-bond donors (Lipinski definition) is 3. The van der Waals surface area contributed by atoms with Crippen molar-refractivity contribution >= 4 is 23.3 Å². The van der Waals surface area contributed by atoms with Crippen molar-refractivity contribution in [3.05, 3.63) is 22.8 Å². The van der Waals surface area contributed by atoms with E-state index in [1.54, 1.807) is 0 Å². The number of aromatic nitrogens is 1. The van der Waals surface area contributed by atoms with Crippen LogP contribution in [0.2, 0.25) is 5.02 Å². The van der Waals surface area contributed by atoms with E-state index in [-0.39, 0.29) is 11.9 Å². The largest absolute Gasteiger partial charge is 0.350 e. The van der Waals surface area contributed by atoms with E-state index in [0.29, 0.717) is 16.4 Å². The van der Waals surface area contributed by atoms with Gasteiger partial charge in [0.25, 0.3) is 5.91 Å². The van der Waals surface area contributed by atoms with Crippen molar-refractivity contribution < 1.29 is 4.79 Å². The Labute approximate surface area is 106 Å². The number of anilines is 1. The number of carbonyl (C=O) groups excluding carboxylic acids is 1. The van der Waals surface area contributed by atoms with Crippen molar-refractivity contribution in [2.45, 2.75) is 32.7 Å². The zero-order chi connectivity index (χ0) is 12.8. The third-order valence-electron chi connectivity index (χ3n) is 2.34. The molecule has 0 saturated heterocycles. The highest BCUT2D eigenvalue weighted by Gasteiger charge is 2.11. The summed E-state index contributed by atoms with van der Waals surface area (Å²) in [5, 5.41) is 3.20. The molecule has 17 heavy (non-hydrogen) atoms. The van der Waals surface area contributed by atoms with E-state index in [1.807, 2.05) is 6.92 Å². The fraction of sp³-hybridized carbons (Fsp3) is 0.455. The van der Waals surface area contributed by atoms with Gasteiger partial charge in [0, 0.05) is 12.2 Å². The molecule has 0 aliphatic rings. The highest BCUT2D eigenvalue weighted by atomic mass is 35.5. The minimum atomic E-state index is -0.177. The summed E-state index contributed by atoms with van der Waals surface area (Å²) in [6, 6.07) is 1.68. The van der Waals surface area contributed by atoms with Gasteiger partial charge in [0.1, 0.15) is 0 Å². The number of nitrogens with zero attached hydrogens (tertiary/aromatic N) is 1. The minimum absolute atomic E-state index is 0.138. The molecule has 1 amide bonds. The normalized spacial score (nSPS) is 12.0. The maximum absolute atomic E-state index is 11.8. The lowest BCUT2D eigenvalue weighted by Gasteiger charge is -2.13. The number of nitrogen functional groups attached to an aromatic ring is 1. The van der Waals surface area contributed by atoms with Crippen LogP contribution >= 0.6 is 11.6 Å². The summed E-state index contributed by atoms with van der Waals surface area (Å²) >= 11 is 5.89. The molecule has 1 aromatic heterocycles. The first-order valence-corrected chi connectivity index (χ1v) is 5.89. The van der Waals surface area contributed by atoms with Gasteiger partial charge in [-0.3, -0.25) is 4.79 Å². The highest BCUT2D eigenvalue weighted by Crippen LogP contribution is 2.18. The van der Waals surface area contributed by atoms with Crippen molar-refractivity contribution in [2.75, 3.05) is 5.43 Å². The Morgan fingerprint density at radius 1 is 1.65 bits per heavy atom. The second kappa shape index (κ2) is 6.42. The van der Waals surface area contributed by atoms with E-state index in [9.17, 15) is 4.79 Å². The number of amides is 1. The number of rotatable bonds is 5. The van der Waals surface area contributed by atoms with Crippen LogP contribution in [0.4, 0.5) is 5.82 Å². The molecule has 0 spiro atoms. The van der Waals surface area contributed by atoms with Gasteiger partial charge in [-0.05, 0) is 19.4 Å². The van der Waals surface area contributed by atoms with E-state index >= 15 is 0 Å². The molecule has 1 heterocycles. The first-order valence-electron chi connectivity index (χ1n) is 5.51. The van der Waals surface area contributed by atoms with Crippen LogP contribution in [0.15, 0.2) is 12.3 Å². The average Bonchev–Trinajstić information content (AvgIpc) is 2.29. The number of hydrazine groups is 1. The van der Waals surface area contributed by atoms with Gasteiger partial charge >= 0.3 is 0 Å². The van der Waals surface area contributed by atoms with Gasteiger partial charge in [-0.25, -0.2) is 10.8 Å². The van der Waals surface area contributed by atoms with Gasteiger partial charge in [0.15, 0.2) is 5.82 Å². The van der Waals surface area contributed by atoms with Crippen LogP contribution in [-0.4, -0.2) is 16.9 Å². The maximum Gasteiger partial charge on any atom is 0.253 e. The summed E-state index contributed by atoms with van der Waals surface area (Å²) < 4.78 is 0. The zero-order valence-corrected chi connectivity index (χ0v) is 10.7. The topological polar surface area (TPSA) is 80.0 Å². The van der Waals surface area contributed by atoms with Gasteiger partial charge in [-0.1, -0.05) is 24.9 Å². The first-order chi connectivity index (χ1) is 8.08. The fourth-order valence-electron chi connectivity index (χ4n) is 1.48. The van der Waals surface area contributed by atoms with E-state index in [1.165, 1.54) is 12.3 Å². The van der Waals surface area contributed by atoms with Crippen LogP contribution < -0.4 is 16.6 Å². The number of hydrogen-bond acceptors (Lipinski definition) is 4. The summed E-state index contributed by atoms with van der Waals surface area (Å²) in [4.78, 5) is 15.8. The van der Waals surface area contributed by atoms with Crippen molar-refractivity contribution in [1.29, 1.82) is 0 Å². The third-order valence-corrected chi connectivity index (χ3v) is 2.63. The molecule has 0 aliphatic carbocycles. The number of nitrogens with one attached hydrogen (secondary N) is 2. The molecule has 0 bridgehead atoms. The van der Waals surface area contributed by atoms with Gasteiger partial charge in [-0.15, -0.1) is 0 Å². The molecule has 1 unspecified atom stereocenters. The van der Waals surface area contributed by atoms with Gasteiger partial charge in [-0.2, -0.15) is 0 Å². The molecule has 6 heteroatoms. The summed E-state index contributed by atoms with van der Waals surface area (Å²) in [5.74, 6) is 5.37. The SMILES string of the molecule is CCCC(C)NC(=O)c1cnc(NN)c(Cl)c1. The van der Waals surface area contributed by atoms with Gasteiger partial charge < -0.3 is 10.7 Å². The van der Waals surface area contributed by atoms with Crippen LogP contribution in [0.3, 0.4) is 0 Å². The van der Waals surface area contributed by atoms with E-state index in [4.69, 9.17) is 17.4 Å². The number of nitrogens with two attached hydrogens (primary N) is 1. The number of pyridine rings is 1.